The van der Waals surface area contributed by atoms with Crippen LogP contribution in [0.15, 0.2) is 60.9 Å². The third kappa shape index (κ3) is 5.96. The van der Waals surface area contributed by atoms with Crippen LogP contribution in [0.4, 0.5) is 5.69 Å². The van der Waals surface area contributed by atoms with Crippen LogP contribution in [0, 0.1) is 11.3 Å². The number of aryl methyl sites for hydroxylation is 1. The highest BCUT2D eigenvalue weighted by molar-refractivity contribution is 7.99. The summed E-state index contributed by atoms with van der Waals surface area (Å²) in [6.07, 6.45) is 3.11. The van der Waals surface area contributed by atoms with Crippen molar-refractivity contribution in [3.05, 3.63) is 77.6 Å². The minimum absolute atomic E-state index is 0.208. The monoisotopic (exact) mass is 406 g/mol. The van der Waals surface area contributed by atoms with E-state index in [4.69, 9.17) is 10.00 Å². The summed E-state index contributed by atoms with van der Waals surface area (Å²) in [6.45, 7) is 0. The lowest BCUT2D eigenvalue weighted by molar-refractivity contribution is -0.131. The highest BCUT2D eigenvalue weighted by Crippen LogP contribution is 2.18. The Bertz CT molecular complexity index is 1040. The third-order valence-electron chi connectivity index (χ3n) is 3.88. The zero-order chi connectivity index (χ0) is 20.6. The maximum atomic E-state index is 12.1. The van der Waals surface area contributed by atoms with Gasteiger partial charge in [0, 0.05) is 24.7 Å². The maximum Gasteiger partial charge on any atom is 0.321 e. The van der Waals surface area contributed by atoms with Crippen LogP contribution in [0.25, 0.3) is 0 Å². The van der Waals surface area contributed by atoms with E-state index in [0.29, 0.717) is 28.3 Å². The molecule has 1 heterocycles. The lowest BCUT2D eigenvalue weighted by atomic mass is 10.2. The number of ether oxygens (including phenoxy) is 1. The second kappa shape index (κ2) is 9.57. The number of benzene rings is 2. The molecule has 0 saturated carbocycles. The van der Waals surface area contributed by atoms with Gasteiger partial charge in [-0.25, -0.2) is 0 Å². The van der Waals surface area contributed by atoms with Gasteiger partial charge in [0.2, 0.25) is 0 Å². The lowest BCUT2D eigenvalue weighted by Gasteiger charge is -2.07. The summed E-state index contributed by atoms with van der Waals surface area (Å²) < 4.78 is 6.86. The first-order valence-corrected chi connectivity index (χ1v) is 9.86. The standard InChI is InChI=1S/C21H18N4O3S/c1-25-12-17(11-23-25)21(27)24-18-6-8-19(9-7-18)28-20(26)14-29-13-16-4-2-15(10-22)3-5-16/h2-9,11-12H,13-14H2,1H3,(H,24,27). The van der Waals surface area contributed by atoms with Crippen LogP contribution in [0.3, 0.4) is 0 Å². The van der Waals surface area contributed by atoms with Crippen molar-refractivity contribution >= 4 is 29.3 Å². The van der Waals surface area contributed by atoms with E-state index in [1.54, 1.807) is 54.3 Å². The smallest absolute Gasteiger partial charge is 0.321 e. The Kier molecular flexibility index (Phi) is 6.66. The Morgan fingerprint density at radius 2 is 1.90 bits per heavy atom. The Balaban J connectivity index is 1.44. The SMILES string of the molecule is Cn1cc(C(=O)Nc2ccc(OC(=O)CSCc3ccc(C#N)cc3)cc2)cn1. The van der Waals surface area contributed by atoms with Crippen molar-refractivity contribution in [3.63, 3.8) is 0 Å². The van der Waals surface area contributed by atoms with E-state index in [1.807, 2.05) is 12.1 Å². The lowest BCUT2D eigenvalue weighted by Crippen LogP contribution is -2.12. The second-order valence-corrected chi connectivity index (χ2v) is 7.14. The first-order valence-electron chi connectivity index (χ1n) is 8.71. The number of carbonyl (C=O) groups is 2. The fourth-order valence-corrected chi connectivity index (χ4v) is 3.19. The zero-order valence-electron chi connectivity index (χ0n) is 15.7. The van der Waals surface area contributed by atoms with Gasteiger partial charge in [0.1, 0.15) is 5.75 Å². The van der Waals surface area contributed by atoms with Crippen LogP contribution in [0.2, 0.25) is 0 Å². The van der Waals surface area contributed by atoms with Gasteiger partial charge < -0.3 is 10.1 Å². The van der Waals surface area contributed by atoms with Crippen molar-refractivity contribution in [1.29, 1.82) is 5.26 Å². The number of nitrogens with zero attached hydrogens (tertiary/aromatic N) is 3. The van der Waals surface area contributed by atoms with Gasteiger partial charge in [-0.15, -0.1) is 11.8 Å². The van der Waals surface area contributed by atoms with Crippen LogP contribution >= 0.6 is 11.8 Å². The Morgan fingerprint density at radius 1 is 1.17 bits per heavy atom. The van der Waals surface area contributed by atoms with Gasteiger partial charge in [-0.05, 0) is 42.0 Å². The number of rotatable bonds is 7. The zero-order valence-corrected chi connectivity index (χ0v) is 16.5. The molecule has 2 aromatic carbocycles. The minimum atomic E-state index is -0.351. The van der Waals surface area contributed by atoms with Crippen molar-refractivity contribution in [3.8, 4) is 11.8 Å². The van der Waals surface area contributed by atoms with Crippen molar-refractivity contribution in [2.24, 2.45) is 7.05 Å². The van der Waals surface area contributed by atoms with E-state index in [2.05, 4.69) is 16.5 Å². The summed E-state index contributed by atoms with van der Waals surface area (Å²) in [6, 6.07) is 15.9. The van der Waals surface area contributed by atoms with Crippen LogP contribution < -0.4 is 10.1 Å². The summed E-state index contributed by atoms with van der Waals surface area (Å²) in [5.41, 5.74) is 2.70. The molecule has 7 nitrogen and oxygen atoms in total. The molecular weight excluding hydrogens is 388 g/mol. The molecule has 0 spiro atoms. The summed E-state index contributed by atoms with van der Waals surface area (Å²) >= 11 is 1.44. The fraction of sp³-hybridized carbons (Fsp3) is 0.143. The first-order chi connectivity index (χ1) is 14.0. The fourth-order valence-electron chi connectivity index (χ4n) is 2.44. The number of aromatic nitrogens is 2. The van der Waals surface area contributed by atoms with Crippen molar-refractivity contribution < 1.29 is 14.3 Å². The molecule has 146 valence electrons. The molecule has 0 saturated heterocycles. The molecule has 0 radical (unpaired) electrons. The number of carbonyl (C=O) groups excluding carboxylic acids is 2. The second-order valence-electron chi connectivity index (χ2n) is 6.16. The normalized spacial score (nSPS) is 10.2. The molecule has 0 aliphatic heterocycles. The van der Waals surface area contributed by atoms with Crippen molar-refractivity contribution in [1.82, 2.24) is 9.78 Å². The maximum absolute atomic E-state index is 12.1. The molecule has 1 aromatic heterocycles. The van der Waals surface area contributed by atoms with Crippen LogP contribution in [-0.2, 0) is 17.6 Å². The average molecular weight is 406 g/mol. The molecule has 0 unspecified atom stereocenters. The number of nitriles is 1. The number of hydrogen-bond donors (Lipinski definition) is 1. The largest absolute Gasteiger partial charge is 0.426 e. The molecule has 8 heteroatoms. The molecule has 0 bridgehead atoms. The molecule has 3 rings (SSSR count). The number of anilines is 1. The molecule has 0 fully saturated rings. The quantitative estimate of drug-likeness (QED) is 0.477. The van der Waals surface area contributed by atoms with Gasteiger partial charge in [-0.2, -0.15) is 10.4 Å². The number of hydrogen-bond acceptors (Lipinski definition) is 6. The Labute approximate surface area is 172 Å². The highest BCUT2D eigenvalue weighted by Gasteiger charge is 2.09. The number of esters is 1. The van der Waals surface area contributed by atoms with Crippen molar-refractivity contribution in [2.75, 3.05) is 11.1 Å². The van der Waals surface area contributed by atoms with Gasteiger partial charge in [-0.1, -0.05) is 12.1 Å². The highest BCUT2D eigenvalue weighted by atomic mass is 32.2. The molecule has 0 aliphatic carbocycles. The predicted molar refractivity (Wildman–Crippen MR) is 111 cm³/mol. The summed E-state index contributed by atoms with van der Waals surface area (Å²) in [7, 11) is 1.74. The molecular formula is C21H18N4O3S. The van der Waals surface area contributed by atoms with Gasteiger partial charge in [0.05, 0.1) is 29.1 Å². The Hall–Kier alpha value is -3.57. The molecule has 1 N–H and O–H groups in total. The molecule has 3 aromatic rings. The van der Waals surface area contributed by atoms with E-state index in [1.165, 1.54) is 18.0 Å². The average Bonchev–Trinajstić information content (AvgIpc) is 3.16. The van der Waals surface area contributed by atoms with E-state index in [9.17, 15) is 9.59 Å². The van der Waals surface area contributed by atoms with E-state index >= 15 is 0 Å². The molecule has 0 aliphatic rings. The van der Waals surface area contributed by atoms with Gasteiger partial charge in [0.15, 0.2) is 0 Å². The minimum Gasteiger partial charge on any atom is -0.426 e. The van der Waals surface area contributed by atoms with E-state index in [0.717, 1.165) is 5.56 Å². The van der Waals surface area contributed by atoms with Gasteiger partial charge in [-0.3, -0.25) is 14.3 Å². The van der Waals surface area contributed by atoms with E-state index in [-0.39, 0.29) is 17.6 Å². The van der Waals surface area contributed by atoms with Crippen molar-refractivity contribution in [2.45, 2.75) is 5.75 Å². The van der Waals surface area contributed by atoms with Crippen LogP contribution in [0.5, 0.6) is 5.75 Å². The number of thioether (sulfide) groups is 1. The molecule has 1 amide bonds. The third-order valence-corrected chi connectivity index (χ3v) is 4.86. The van der Waals surface area contributed by atoms with Crippen LogP contribution in [0.1, 0.15) is 21.5 Å². The summed E-state index contributed by atoms with van der Waals surface area (Å²) in [5.74, 6) is 0.658. The first kappa shape index (κ1) is 20.2. The van der Waals surface area contributed by atoms with Gasteiger partial charge in [0.25, 0.3) is 5.91 Å². The summed E-state index contributed by atoms with van der Waals surface area (Å²) in [5, 5.41) is 15.5. The van der Waals surface area contributed by atoms with Crippen LogP contribution in [-0.4, -0.2) is 27.4 Å². The number of nitrogens with one attached hydrogen (secondary N) is 1. The Morgan fingerprint density at radius 3 is 2.52 bits per heavy atom. The molecule has 29 heavy (non-hydrogen) atoms. The predicted octanol–water partition coefficient (Wildman–Crippen LogP) is 3.38. The van der Waals surface area contributed by atoms with Gasteiger partial charge >= 0.3 is 5.97 Å². The molecule has 0 atom stereocenters. The summed E-state index contributed by atoms with van der Waals surface area (Å²) in [4.78, 5) is 24.1. The topological polar surface area (TPSA) is 97.0 Å². The number of amides is 1. The van der Waals surface area contributed by atoms with E-state index < -0.39 is 0 Å².